The molecule has 0 aliphatic rings. The minimum atomic E-state index is -1.29. The van der Waals surface area contributed by atoms with Crippen molar-refractivity contribution in [3.8, 4) is 0 Å². The molecule has 0 aliphatic heterocycles. The summed E-state index contributed by atoms with van der Waals surface area (Å²) in [5.74, 6) is -1.87. The van der Waals surface area contributed by atoms with E-state index >= 15 is 0 Å². The van der Waals surface area contributed by atoms with E-state index in [9.17, 15) is 9.90 Å². The topological polar surface area (TPSA) is 57.5 Å². The number of rotatable bonds is 6. The summed E-state index contributed by atoms with van der Waals surface area (Å²) in [5, 5.41) is 18.9. The minimum absolute atomic E-state index is 0.460. The Morgan fingerprint density at radius 1 is 1.00 bits per heavy atom. The summed E-state index contributed by atoms with van der Waals surface area (Å²) in [5.41, 5.74) is 2.31. The lowest BCUT2D eigenvalue weighted by atomic mass is 9.97. The lowest BCUT2D eigenvalue weighted by molar-refractivity contribution is -0.135. The number of carbonyl (C=O) groups is 1. The van der Waals surface area contributed by atoms with Gasteiger partial charge in [-0.1, -0.05) is 42.5 Å². The highest BCUT2D eigenvalue weighted by Gasteiger charge is 2.14. The largest absolute Gasteiger partial charge is 0.502 e. The summed E-state index contributed by atoms with van der Waals surface area (Å²) in [7, 11) is 0. The van der Waals surface area contributed by atoms with Crippen LogP contribution in [0.1, 0.15) is 17.5 Å². The number of carboxylic acids is 1. The molecule has 0 aliphatic carbocycles. The van der Waals surface area contributed by atoms with Gasteiger partial charge in [0, 0.05) is 10.5 Å². The molecule has 0 radical (unpaired) electrons. The summed E-state index contributed by atoms with van der Waals surface area (Å²) >= 11 is 1.68. The second-order valence-corrected chi connectivity index (χ2v) is 5.73. The number of aryl methyl sites for hydroxylation is 1. The van der Waals surface area contributed by atoms with E-state index < -0.39 is 11.7 Å². The Hall–Kier alpha value is -2.20. The number of thioether (sulfide) groups is 1. The van der Waals surface area contributed by atoms with Gasteiger partial charge in [-0.2, -0.15) is 0 Å². The Kier molecular flexibility index (Phi) is 5.67. The molecule has 0 heterocycles. The first-order valence-corrected chi connectivity index (χ1v) is 8.18. The number of hydrogen-bond donors (Lipinski definition) is 2. The summed E-state index contributed by atoms with van der Waals surface area (Å²) < 4.78 is 0. The van der Waals surface area contributed by atoms with Crippen molar-refractivity contribution in [3.63, 3.8) is 0 Å². The fourth-order valence-corrected chi connectivity index (χ4v) is 2.64. The second kappa shape index (κ2) is 7.71. The zero-order chi connectivity index (χ0) is 15.9. The molecule has 2 rings (SSSR count). The van der Waals surface area contributed by atoms with Crippen molar-refractivity contribution >= 4 is 23.3 Å². The van der Waals surface area contributed by atoms with E-state index in [0.29, 0.717) is 18.4 Å². The fraction of sp³-hybridized carbons (Fsp3) is 0.167. The lowest BCUT2D eigenvalue weighted by Gasteiger charge is -2.10. The highest BCUT2D eigenvalue weighted by Crippen LogP contribution is 2.24. The molecule has 2 N–H and O–H groups in total. The predicted octanol–water partition coefficient (Wildman–Crippen LogP) is 4.40. The Bertz CT molecular complexity index is 660. The van der Waals surface area contributed by atoms with Crippen molar-refractivity contribution in [2.75, 3.05) is 6.26 Å². The molecule has 0 spiro atoms. The lowest BCUT2D eigenvalue weighted by Crippen LogP contribution is -2.04. The van der Waals surface area contributed by atoms with Crippen molar-refractivity contribution in [1.29, 1.82) is 0 Å². The number of benzene rings is 2. The van der Waals surface area contributed by atoms with E-state index in [0.717, 1.165) is 11.1 Å². The Morgan fingerprint density at radius 2 is 1.64 bits per heavy atom. The first kappa shape index (κ1) is 16.2. The third-order valence-electron chi connectivity index (χ3n) is 3.43. The fourth-order valence-electron chi connectivity index (χ4n) is 2.23. The smallest absolute Gasteiger partial charge is 0.371 e. The number of carboxylic acid groups (broad SMARTS) is 1. The molecule has 0 bridgehead atoms. The Balaban J connectivity index is 2.20. The molecule has 0 fully saturated rings. The second-order valence-electron chi connectivity index (χ2n) is 4.85. The van der Waals surface area contributed by atoms with Crippen LogP contribution < -0.4 is 0 Å². The van der Waals surface area contributed by atoms with Gasteiger partial charge in [0.1, 0.15) is 0 Å². The van der Waals surface area contributed by atoms with E-state index in [1.807, 2.05) is 60.9 Å². The molecule has 4 heteroatoms. The Morgan fingerprint density at radius 3 is 2.18 bits per heavy atom. The van der Waals surface area contributed by atoms with Gasteiger partial charge in [-0.15, -0.1) is 11.8 Å². The molecule has 22 heavy (non-hydrogen) atoms. The van der Waals surface area contributed by atoms with Crippen LogP contribution in [-0.4, -0.2) is 22.4 Å². The SMILES string of the molecule is CSc1ccc(CC/C(=C(\O)C(=O)O)c2ccccc2)cc1. The van der Waals surface area contributed by atoms with Crippen LogP contribution in [0.5, 0.6) is 0 Å². The van der Waals surface area contributed by atoms with Gasteiger partial charge >= 0.3 is 5.97 Å². The molecule has 0 aromatic heterocycles. The maximum atomic E-state index is 11.1. The van der Waals surface area contributed by atoms with Crippen LogP contribution in [0.25, 0.3) is 5.57 Å². The molecule has 0 saturated heterocycles. The first-order valence-electron chi connectivity index (χ1n) is 6.95. The zero-order valence-electron chi connectivity index (χ0n) is 12.3. The Labute approximate surface area is 134 Å². The van der Waals surface area contributed by atoms with Gasteiger partial charge in [-0.05, 0) is 42.4 Å². The summed E-state index contributed by atoms with van der Waals surface area (Å²) in [6, 6.07) is 17.3. The van der Waals surface area contributed by atoms with E-state index in [1.54, 1.807) is 11.8 Å². The van der Waals surface area contributed by atoms with Crippen LogP contribution in [0, 0.1) is 0 Å². The van der Waals surface area contributed by atoms with Crippen molar-refractivity contribution in [2.24, 2.45) is 0 Å². The van der Waals surface area contributed by atoms with E-state index in [2.05, 4.69) is 0 Å². The van der Waals surface area contributed by atoms with E-state index in [-0.39, 0.29) is 0 Å². The van der Waals surface area contributed by atoms with Crippen molar-refractivity contribution < 1.29 is 15.0 Å². The van der Waals surface area contributed by atoms with Gasteiger partial charge in [-0.25, -0.2) is 4.79 Å². The molecular weight excluding hydrogens is 296 g/mol. The number of allylic oxidation sites excluding steroid dienone is 1. The number of hydrogen-bond acceptors (Lipinski definition) is 3. The van der Waals surface area contributed by atoms with Crippen LogP contribution in [0.15, 0.2) is 65.3 Å². The molecule has 114 valence electrons. The highest BCUT2D eigenvalue weighted by molar-refractivity contribution is 7.98. The van der Waals surface area contributed by atoms with Gasteiger partial charge in [0.25, 0.3) is 0 Å². The molecule has 0 atom stereocenters. The summed E-state index contributed by atoms with van der Waals surface area (Å²) in [6.07, 6.45) is 3.17. The van der Waals surface area contributed by atoms with Gasteiger partial charge in [0.15, 0.2) is 0 Å². The van der Waals surface area contributed by atoms with Gasteiger partial charge in [0.05, 0.1) is 0 Å². The zero-order valence-corrected chi connectivity index (χ0v) is 13.1. The predicted molar refractivity (Wildman–Crippen MR) is 90.2 cm³/mol. The molecule has 0 unspecified atom stereocenters. The summed E-state index contributed by atoms with van der Waals surface area (Å²) in [4.78, 5) is 12.3. The van der Waals surface area contributed by atoms with E-state index in [4.69, 9.17) is 5.11 Å². The third kappa shape index (κ3) is 4.15. The first-order chi connectivity index (χ1) is 10.6. The van der Waals surface area contributed by atoms with Crippen LogP contribution in [0.4, 0.5) is 0 Å². The molecule has 2 aromatic carbocycles. The third-order valence-corrected chi connectivity index (χ3v) is 4.18. The van der Waals surface area contributed by atoms with Crippen molar-refractivity contribution in [3.05, 3.63) is 71.5 Å². The van der Waals surface area contributed by atoms with Gasteiger partial charge < -0.3 is 10.2 Å². The molecule has 0 amide bonds. The van der Waals surface area contributed by atoms with E-state index in [1.165, 1.54) is 4.90 Å². The summed E-state index contributed by atoms with van der Waals surface area (Å²) in [6.45, 7) is 0. The monoisotopic (exact) mass is 314 g/mol. The molecule has 0 saturated carbocycles. The number of aliphatic carboxylic acids is 1. The van der Waals surface area contributed by atoms with Crippen LogP contribution >= 0.6 is 11.8 Å². The maximum absolute atomic E-state index is 11.1. The minimum Gasteiger partial charge on any atom is -0.502 e. The van der Waals surface area contributed by atoms with Crippen molar-refractivity contribution in [2.45, 2.75) is 17.7 Å². The maximum Gasteiger partial charge on any atom is 0.371 e. The van der Waals surface area contributed by atoms with Crippen LogP contribution in [0.3, 0.4) is 0 Å². The van der Waals surface area contributed by atoms with Crippen LogP contribution in [-0.2, 0) is 11.2 Å². The normalized spacial score (nSPS) is 11.9. The van der Waals surface area contributed by atoms with Crippen LogP contribution in [0.2, 0.25) is 0 Å². The van der Waals surface area contributed by atoms with Gasteiger partial charge in [0.2, 0.25) is 5.76 Å². The number of aliphatic hydroxyl groups is 1. The highest BCUT2D eigenvalue weighted by atomic mass is 32.2. The molecular formula is C18H18O3S. The van der Waals surface area contributed by atoms with Crippen molar-refractivity contribution in [1.82, 2.24) is 0 Å². The standard InChI is InChI=1S/C18H18O3S/c1-22-15-10-7-13(8-11-15)9-12-16(17(19)18(20)21)14-5-3-2-4-6-14/h2-8,10-11,19H,9,12H2,1H3,(H,20,21)/b17-16+. The molecule has 3 nitrogen and oxygen atoms in total. The average molecular weight is 314 g/mol. The quantitative estimate of drug-likeness (QED) is 0.471. The average Bonchev–Trinajstić information content (AvgIpc) is 2.56. The molecule has 2 aromatic rings. The number of aliphatic hydroxyl groups excluding tert-OH is 1. The van der Waals surface area contributed by atoms with Gasteiger partial charge in [-0.3, -0.25) is 0 Å².